The summed E-state index contributed by atoms with van der Waals surface area (Å²) in [7, 11) is 0. The molecule has 8 N–H and O–H groups in total. The quantitative estimate of drug-likeness (QED) is 0.161. The Hall–Kier alpha value is -3.88. The van der Waals surface area contributed by atoms with Crippen molar-refractivity contribution in [2.45, 2.75) is 43.6 Å². The topological polar surface area (TPSA) is 196 Å². The van der Waals surface area contributed by atoms with E-state index < -0.39 is 18.1 Å². The van der Waals surface area contributed by atoms with Crippen molar-refractivity contribution in [1.82, 2.24) is 15.0 Å². The number of nitrogens with one attached hydrogen (secondary N) is 2. The number of Topliss-reactive ketones (excluding diaryl/α,β-unsaturated/α-hetero) is 1. The van der Waals surface area contributed by atoms with Crippen LogP contribution in [0.25, 0.3) is 0 Å². The standard InChI is InChI=1S/C28H34ClN9O4/c29-22-3-1-2-4-23(22)33-25(42)11-24(41)16-5-7-19(8-6-16)32-26-34-27(37-12-17(30)9-18(31)13-37)36-28(35-26)38-14-20(39)10-21(40)15-38/h1-8,17-18,20-21,39-40H,9-15,30-31H2,(H,33,42)(H,32,34,35,36)/t17-,18+,20-,21+. The van der Waals surface area contributed by atoms with Crippen LogP contribution in [0.2, 0.25) is 5.02 Å². The number of halogens is 1. The Morgan fingerprint density at radius 3 is 2.07 bits per heavy atom. The number of ketones is 1. The van der Waals surface area contributed by atoms with Crippen molar-refractivity contribution in [2.75, 3.05) is 46.6 Å². The highest BCUT2D eigenvalue weighted by Gasteiger charge is 2.29. The average Bonchev–Trinajstić information content (AvgIpc) is 2.93. The summed E-state index contributed by atoms with van der Waals surface area (Å²) in [6, 6.07) is 13.1. The number of amides is 1. The lowest BCUT2D eigenvalue weighted by atomic mass is 10.0. The molecule has 2 aliphatic heterocycles. The second-order valence-electron chi connectivity index (χ2n) is 10.7. The maximum Gasteiger partial charge on any atom is 0.233 e. The maximum absolute atomic E-state index is 12.7. The number of carbonyl (C=O) groups excluding carboxylic acids is 2. The lowest BCUT2D eigenvalue weighted by Gasteiger charge is -2.36. The molecule has 2 saturated heterocycles. The van der Waals surface area contributed by atoms with E-state index in [1.54, 1.807) is 53.4 Å². The van der Waals surface area contributed by atoms with Crippen LogP contribution in [-0.4, -0.2) is 87.3 Å². The van der Waals surface area contributed by atoms with E-state index in [2.05, 4.69) is 25.6 Å². The number of anilines is 5. The molecule has 1 aromatic heterocycles. The van der Waals surface area contributed by atoms with Crippen LogP contribution in [0.3, 0.4) is 0 Å². The van der Waals surface area contributed by atoms with Crippen LogP contribution in [0.5, 0.6) is 0 Å². The van der Waals surface area contributed by atoms with Crippen LogP contribution in [0, 0.1) is 0 Å². The Balaban J connectivity index is 1.31. The fraction of sp³-hybridized carbons (Fsp3) is 0.393. The van der Waals surface area contributed by atoms with Crippen molar-refractivity contribution in [3.63, 3.8) is 0 Å². The Bertz CT molecular complexity index is 1360. The van der Waals surface area contributed by atoms with E-state index in [-0.39, 0.29) is 49.7 Å². The van der Waals surface area contributed by atoms with Gasteiger partial charge in [-0.2, -0.15) is 15.0 Å². The molecule has 3 aromatic rings. The van der Waals surface area contributed by atoms with E-state index >= 15 is 0 Å². The van der Waals surface area contributed by atoms with E-state index in [4.69, 9.17) is 23.1 Å². The van der Waals surface area contributed by atoms with Crippen LogP contribution in [-0.2, 0) is 4.79 Å². The highest BCUT2D eigenvalue weighted by atomic mass is 35.5. The molecule has 0 aliphatic carbocycles. The van der Waals surface area contributed by atoms with E-state index in [1.165, 1.54) is 0 Å². The number of hydrogen-bond donors (Lipinski definition) is 6. The maximum atomic E-state index is 12.7. The number of nitrogens with zero attached hydrogens (tertiary/aromatic N) is 5. The van der Waals surface area contributed by atoms with Gasteiger partial charge >= 0.3 is 0 Å². The molecule has 222 valence electrons. The number of piperidine rings is 2. The van der Waals surface area contributed by atoms with Gasteiger partial charge in [0.25, 0.3) is 0 Å². The van der Waals surface area contributed by atoms with Gasteiger partial charge in [-0.1, -0.05) is 23.7 Å². The molecule has 0 bridgehead atoms. The minimum atomic E-state index is -0.723. The first-order valence-electron chi connectivity index (χ1n) is 13.7. The number of carbonyl (C=O) groups is 2. The number of aromatic nitrogens is 3. The molecule has 1 amide bonds. The van der Waals surface area contributed by atoms with Crippen molar-refractivity contribution < 1.29 is 19.8 Å². The highest BCUT2D eigenvalue weighted by Crippen LogP contribution is 2.25. The number of aliphatic hydroxyl groups excluding tert-OH is 2. The molecule has 0 saturated carbocycles. The lowest BCUT2D eigenvalue weighted by molar-refractivity contribution is -0.115. The number of hydrogen-bond acceptors (Lipinski definition) is 12. The van der Waals surface area contributed by atoms with E-state index in [0.29, 0.717) is 53.4 Å². The molecule has 13 nitrogen and oxygen atoms in total. The third-order valence-electron chi connectivity index (χ3n) is 7.03. The van der Waals surface area contributed by atoms with Gasteiger partial charge in [0.1, 0.15) is 0 Å². The van der Waals surface area contributed by atoms with Gasteiger partial charge in [-0.25, -0.2) is 0 Å². The first kappa shape index (κ1) is 29.6. The zero-order chi connectivity index (χ0) is 29.8. The largest absolute Gasteiger partial charge is 0.391 e. The number of β-amino-alcohol motifs (C(OH)–C–C–N with tert-alkyl or cyclic N) is 2. The Morgan fingerprint density at radius 1 is 0.857 bits per heavy atom. The summed E-state index contributed by atoms with van der Waals surface area (Å²) in [4.78, 5) is 42.5. The molecule has 14 heteroatoms. The zero-order valence-corrected chi connectivity index (χ0v) is 23.6. The van der Waals surface area contributed by atoms with E-state index in [1.807, 2.05) is 4.90 Å². The third-order valence-corrected chi connectivity index (χ3v) is 7.36. The summed E-state index contributed by atoms with van der Waals surface area (Å²) >= 11 is 6.08. The summed E-state index contributed by atoms with van der Waals surface area (Å²) in [6.45, 7) is 1.56. The van der Waals surface area contributed by atoms with Gasteiger partial charge in [-0.05, 0) is 42.8 Å². The molecule has 2 aromatic carbocycles. The van der Waals surface area contributed by atoms with Crippen molar-refractivity contribution in [3.05, 3.63) is 59.1 Å². The summed E-state index contributed by atoms with van der Waals surface area (Å²) < 4.78 is 0. The molecule has 2 fully saturated rings. The second kappa shape index (κ2) is 13.0. The predicted molar refractivity (Wildman–Crippen MR) is 160 cm³/mol. The van der Waals surface area contributed by atoms with Gasteiger partial charge in [0.2, 0.25) is 23.8 Å². The molecule has 3 heterocycles. The smallest absolute Gasteiger partial charge is 0.233 e. The molecule has 0 spiro atoms. The van der Waals surface area contributed by atoms with Gasteiger partial charge in [-0.15, -0.1) is 0 Å². The summed E-state index contributed by atoms with van der Waals surface area (Å²) in [5.74, 6) is 0.0836. The first-order valence-corrected chi connectivity index (χ1v) is 14.1. The van der Waals surface area contributed by atoms with Crippen molar-refractivity contribution in [2.24, 2.45) is 11.5 Å². The Labute approximate surface area is 247 Å². The minimum absolute atomic E-state index is 0.138. The number of aliphatic hydroxyl groups is 2. The first-order chi connectivity index (χ1) is 20.1. The van der Waals surface area contributed by atoms with Crippen LogP contribution in [0.1, 0.15) is 29.6 Å². The molecule has 4 atom stereocenters. The number of para-hydroxylation sites is 1. The Kier molecular flexibility index (Phi) is 9.14. The average molecular weight is 596 g/mol. The lowest BCUT2D eigenvalue weighted by Crippen LogP contribution is -2.53. The fourth-order valence-corrected chi connectivity index (χ4v) is 5.30. The van der Waals surface area contributed by atoms with Gasteiger partial charge in [0.05, 0.1) is 29.3 Å². The highest BCUT2D eigenvalue weighted by molar-refractivity contribution is 6.33. The SMILES string of the molecule is N[C@@H]1C[C@H](N)CN(c2nc(Nc3ccc(C(=O)CC(=O)Nc4ccccc4Cl)cc3)nc(N3C[C@H](O)C[C@H](O)C3)n2)C1. The predicted octanol–water partition coefficient (Wildman–Crippen LogP) is 1.28. The van der Waals surface area contributed by atoms with Gasteiger partial charge in [0, 0.05) is 55.9 Å². The summed E-state index contributed by atoms with van der Waals surface area (Å²) in [5.41, 5.74) is 13.8. The molecule has 42 heavy (non-hydrogen) atoms. The van der Waals surface area contributed by atoms with Crippen LogP contribution >= 0.6 is 11.6 Å². The molecular weight excluding hydrogens is 562 g/mol. The molecule has 0 unspecified atom stereocenters. The molecule has 5 rings (SSSR count). The van der Waals surface area contributed by atoms with Crippen LogP contribution in [0.15, 0.2) is 48.5 Å². The fourth-order valence-electron chi connectivity index (χ4n) is 5.12. The van der Waals surface area contributed by atoms with Gasteiger partial charge in [-0.3, -0.25) is 9.59 Å². The van der Waals surface area contributed by atoms with Crippen molar-refractivity contribution in [3.8, 4) is 0 Å². The number of benzene rings is 2. The second-order valence-corrected chi connectivity index (χ2v) is 11.1. The van der Waals surface area contributed by atoms with E-state index in [0.717, 1.165) is 0 Å². The minimum Gasteiger partial charge on any atom is -0.391 e. The van der Waals surface area contributed by atoms with Crippen molar-refractivity contribution in [1.29, 1.82) is 0 Å². The van der Waals surface area contributed by atoms with E-state index in [9.17, 15) is 19.8 Å². The summed E-state index contributed by atoms with van der Waals surface area (Å²) in [5, 5.41) is 26.6. The van der Waals surface area contributed by atoms with Gasteiger partial charge < -0.3 is 42.1 Å². The zero-order valence-electron chi connectivity index (χ0n) is 22.9. The normalized spacial score (nSPS) is 22.5. The van der Waals surface area contributed by atoms with Crippen LogP contribution < -0.4 is 31.9 Å². The Morgan fingerprint density at radius 2 is 1.45 bits per heavy atom. The molecule has 2 aliphatic rings. The molecule has 0 radical (unpaired) electrons. The number of rotatable bonds is 8. The third kappa shape index (κ3) is 7.49. The van der Waals surface area contributed by atoms with Crippen molar-refractivity contribution >= 4 is 52.5 Å². The van der Waals surface area contributed by atoms with Crippen LogP contribution in [0.4, 0.5) is 29.2 Å². The monoisotopic (exact) mass is 595 g/mol. The molecular formula is C28H34ClN9O4. The summed E-state index contributed by atoms with van der Waals surface area (Å²) in [6.07, 6.45) is -0.817. The number of nitrogens with two attached hydrogens (primary N) is 2. The van der Waals surface area contributed by atoms with Gasteiger partial charge in [0.15, 0.2) is 5.78 Å².